The molecule has 10 rings (SSSR count). The summed E-state index contributed by atoms with van der Waals surface area (Å²) in [5, 5.41) is -1.68. The number of benzene rings is 8. The third kappa shape index (κ3) is 4.57. The van der Waals surface area contributed by atoms with Crippen molar-refractivity contribution in [1.82, 2.24) is 9.13 Å². The normalized spacial score (nSPS) is 17.8. The molecule has 0 unspecified atom stereocenters. The molecule has 0 radical (unpaired) electrons. The fourth-order valence-electron chi connectivity index (χ4n) is 6.12. The lowest BCUT2D eigenvalue weighted by Crippen LogP contribution is -1.96. The second-order valence-electron chi connectivity index (χ2n) is 11.2. The van der Waals surface area contributed by atoms with Crippen LogP contribution < -0.4 is 0 Å². The van der Waals surface area contributed by atoms with Gasteiger partial charge in [0.15, 0.2) is 0 Å². The van der Waals surface area contributed by atoms with E-state index in [-0.39, 0.29) is 63.0 Å². The van der Waals surface area contributed by atoms with Crippen LogP contribution >= 0.6 is 0 Å². The van der Waals surface area contributed by atoms with Crippen molar-refractivity contribution in [1.29, 1.82) is 0 Å². The average molecular weight is 659 g/mol. The molecule has 234 valence electrons. The molecule has 0 aliphatic carbocycles. The molecule has 0 saturated heterocycles. The summed E-state index contributed by atoms with van der Waals surface area (Å²) in [7, 11) is 0. The Labute approximate surface area is 321 Å². The number of nitrogens with zero attached hydrogens (tertiary/aromatic N) is 2. The Morgan fingerprint density at radius 1 is 0.300 bits per heavy atom. The van der Waals surface area contributed by atoms with Gasteiger partial charge in [0.1, 0.15) is 0 Å². The van der Waals surface area contributed by atoms with Crippen molar-refractivity contribution in [2.24, 2.45) is 0 Å². The second kappa shape index (κ2) is 11.5. The van der Waals surface area contributed by atoms with Crippen molar-refractivity contribution < 1.29 is 30.2 Å². The maximum atomic E-state index is 9.94. The maximum Gasteiger partial charge on any atom is 0.0651 e. The van der Waals surface area contributed by atoms with Crippen LogP contribution in [0.4, 0.5) is 0 Å². The molecule has 2 aromatic heterocycles. The van der Waals surface area contributed by atoms with E-state index in [4.69, 9.17) is 15.1 Å². The van der Waals surface area contributed by atoms with Crippen LogP contribution in [0.2, 0.25) is 0 Å². The van der Waals surface area contributed by atoms with Crippen LogP contribution in [0, 0.1) is 0 Å². The van der Waals surface area contributed by atoms with Crippen LogP contribution in [-0.2, 0) is 0 Å². The third-order valence-electron chi connectivity index (χ3n) is 8.35. The number of aromatic nitrogens is 2. The minimum absolute atomic E-state index is 0.0982. The first-order valence-corrected chi connectivity index (χ1v) is 15.4. The van der Waals surface area contributed by atoms with Gasteiger partial charge in [-0.15, -0.1) is 0 Å². The molecule has 0 N–H and O–H groups in total. The van der Waals surface area contributed by atoms with E-state index in [0.717, 1.165) is 21.3 Å². The molecule has 10 aromatic rings. The molecule has 0 saturated carbocycles. The molecule has 0 amide bonds. The van der Waals surface area contributed by atoms with Crippen molar-refractivity contribution in [3.8, 4) is 44.8 Å². The lowest BCUT2D eigenvalue weighted by molar-refractivity contribution is 1.18. The SMILES string of the molecule is [2H]c1ccc(-c2c([2H])c(-c3ccc([2H])cc3)c([2H])c(-n3c4c([2H])c([2H])c([2H])c([2H])c4c4c([2H])c(-c5c([2H])c([2H])c6c(c5[2H])c5c([2H])c([2H])c([2H])c([2H])c5n6-c5c([2H])cc([2H])cc5[2H])c([2H])c([2H])c43)c2[2H])cc1. The predicted molar refractivity (Wildman–Crippen MR) is 211 cm³/mol. The van der Waals surface area contributed by atoms with Crippen LogP contribution in [0.3, 0.4) is 0 Å². The van der Waals surface area contributed by atoms with Crippen LogP contribution in [0.5, 0.6) is 0 Å². The molecule has 2 nitrogen and oxygen atoms in total. The highest BCUT2D eigenvalue weighted by atomic mass is 15.0. The Morgan fingerprint density at radius 3 is 1.26 bits per heavy atom. The summed E-state index contributed by atoms with van der Waals surface area (Å²) in [5.74, 6) is 0. The molecular weight excluding hydrogens is 605 g/mol. The highest BCUT2D eigenvalue weighted by molar-refractivity contribution is 6.12. The Balaban J connectivity index is 1.41. The average Bonchev–Trinajstić information content (AvgIpc) is 3.87. The van der Waals surface area contributed by atoms with E-state index in [0.29, 0.717) is 0 Å². The Morgan fingerprint density at radius 2 is 0.740 bits per heavy atom. The van der Waals surface area contributed by atoms with Crippen molar-refractivity contribution in [2.75, 3.05) is 0 Å². The summed E-state index contributed by atoms with van der Waals surface area (Å²) in [5.41, 5.74) is -3.56. The van der Waals surface area contributed by atoms with E-state index in [1.807, 2.05) is 0 Å². The van der Waals surface area contributed by atoms with Crippen LogP contribution in [0.25, 0.3) is 88.4 Å². The minimum atomic E-state index is -0.890. The lowest BCUT2D eigenvalue weighted by atomic mass is 9.98. The standard InChI is InChI=1S/C48H32N2/c1-4-14-33(15-5-1)37-28-38(34-16-6-2-7-17-34)30-40(29-37)50-46-23-13-11-21-42(46)44-32-36(25-27-48(44)50)35-24-26-47-43(31-35)41-20-10-12-22-45(41)49(47)39-18-8-3-9-19-39/h1-32H/i1D,2D,3D,10D,11D,12D,13D,18D,19D,20D,21D,22D,23D,24D,25D,26D,27D,28D,29D,30D,31D,32D. The summed E-state index contributed by atoms with van der Waals surface area (Å²) in [6, 6.07) is 0.343. The summed E-state index contributed by atoms with van der Waals surface area (Å²) in [6.45, 7) is 0. The molecule has 50 heavy (non-hydrogen) atoms. The summed E-state index contributed by atoms with van der Waals surface area (Å²) in [6.07, 6.45) is 0. The van der Waals surface area contributed by atoms with Crippen LogP contribution in [-0.4, -0.2) is 9.13 Å². The summed E-state index contributed by atoms with van der Waals surface area (Å²) < 4.78 is 202. The van der Waals surface area contributed by atoms with Gasteiger partial charge in [-0.25, -0.2) is 0 Å². The van der Waals surface area contributed by atoms with Gasteiger partial charge in [-0.3, -0.25) is 0 Å². The van der Waals surface area contributed by atoms with Gasteiger partial charge < -0.3 is 9.13 Å². The van der Waals surface area contributed by atoms with Gasteiger partial charge in [0, 0.05) is 32.9 Å². The van der Waals surface area contributed by atoms with Gasteiger partial charge in [-0.05, 0) is 99.8 Å². The van der Waals surface area contributed by atoms with Gasteiger partial charge in [-0.2, -0.15) is 0 Å². The summed E-state index contributed by atoms with van der Waals surface area (Å²) in [4.78, 5) is 0. The molecule has 0 aliphatic rings. The first-order valence-electron chi connectivity index (χ1n) is 26.4. The van der Waals surface area contributed by atoms with E-state index in [2.05, 4.69) is 0 Å². The molecule has 0 aliphatic heterocycles. The smallest absolute Gasteiger partial charge is 0.0651 e. The van der Waals surface area contributed by atoms with E-state index < -0.39 is 158 Å². The highest BCUT2D eigenvalue weighted by Crippen LogP contribution is 2.39. The molecule has 0 atom stereocenters. The first-order chi connectivity index (χ1) is 33.9. The Kier molecular flexibility index (Phi) is 3.24. The lowest BCUT2D eigenvalue weighted by Gasteiger charge is -2.14. The predicted octanol–water partition coefficient (Wildman–Crippen LogP) is 12.9. The minimum Gasteiger partial charge on any atom is -0.309 e. The topological polar surface area (TPSA) is 9.86 Å². The zero-order valence-corrected chi connectivity index (χ0v) is 25.7. The molecule has 2 heterocycles. The fraction of sp³-hybridized carbons (Fsp3) is 0. The van der Waals surface area contributed by atoms with Gasteiger partial charge in [0.2, 0.25) is 0 Å². The van der Waals surface area contributed by atoms with E-state index in [9.17, 15) is 15.1 Å². The fourth-order valence-corrected chi connectivity index (χ4v) is 6.12. The number of para-hydroxylation sites is 3. The Hall–Kier alpha value is -6.64. The number of rotatable bonds is 5. The van der Waals surface area contributed by atoms with Crippen molar-refractivity contribution >= 4 is 43.6 Å². The van der Waals surface area contributed by atoms with E-state index >= 15 is 0 Å². The molecule has 0 fully saturated rings. The number of fused-ring (bicyclic) bond motifs is 6. The van der Waals surface area contributed by atoms with Gasteiger partial charge >= 0.3 is 0 Å². The monoisotopic (exact) mass is 658 g/mol. The van der Waals surface area contributed by atoms with Crippen molar-refractivity contribution in [3.63, 3.8) is 0 Å². The molecule has 8 aromatic carbocycles. The molecular formula is C48H32N2. The Bertz CT molecular complexity index is 4010. The van der Waals surface area contributed by atoms with Crippen molar-refractivity contribution in [2.45, 2.75) is 0 Å². The van der Waals surface area contributed by atoms with Gasteiger partial charge in [-0.1, -0.05) is 127 Å². The molecule has 2 heteroatoms. The third-order valence-corrected chi connectivity index (χ3v) is 8.35. The highest BCUT2D eigenvalue weighted by Gasteiger charge is 2.17. The largest absolute Gasteiger partial charge is 0.309 e. The van der Waals surface area contributed by atoms with Crippen molar-refractivity contribution in [3.05, 3.63) is 194 Å². The first kappa shape index (κ1) is 14.1. The van der Waals surface area contributed by atoms with E-state index in [1.54, 1.807) is 0 Å². The molecule has 0 bridgehead atoms. The second-order valence-corrected chi connectivity index (χ2v) is 11.2. The van der Waals surface area contributed by atoms with E-state index in [1.165, 1.54) is 48.5 Å². The van der Waals surface area contributed by atoms with Gasteiger partial charge in [0.05, 0.1) is 52.2 Å². The summed E-state index contributed by atoms with van der Waals surface area (Å²) >= 11 is 0. The van der Waals surface area contributed by atoms with Gasteiger partial charge in [0.25, 0.3) is 0 Å². The van der Waals surface area contributed by atoms with Crippen LogP contribution in [0.15, 0.2) is 194 Å². The molecule has 0 spiro atoms. The maximum absolute atomic E-state index is 9.94. The zero-order valence-electron chi connectivity index (χ0n) is 47.7. The van der Waals surface area contributed by atoms with Crippen LogP contribution in [0.1, 0.15) is 30.2 Å². The quantitative estimate of drug-likeness (QED) is 0.174. The zero-order chi connectivity index (χ0) is 52.2. The number of hydrogen-bond acceptors (Lipinski definition) is 0. The number of hydrogen-bond donors (Lipinski definition) is 0.